The molecular formula is C64H117NO4. The lowest BCUT2D eigenvalue weighted by Gasteiger charge is -2.37. The fraction of sp³-hybridized carbons (Fsp3) is 0.797. The zero-order valence-electron chi connectivity index (χ0n) is 46.7. The SMILES string of the molecule is CCCCC/C=C\C/C=C\CCCCCCCCOC(CCOC(=O)CCCN(C)C)C(O)(CCCCCCCC/C=C\C/C=C\CCCCC)CCCCCCCC/C=C\C/C=C\CCCCC. The van der Waals surface area contributed by atoms with Gasteiger partial charge in [0.1, 0.15) is 0 Å². The van der Waals surface area contributed by atoms with Crippen LogP contribution < -0.4 is 0 Å². The highest BCUT2D eigenvalue weighted by Crippen LogP contribution is 2.31. The van der Waals surface area contributed by atoms with Crippen molar-refractivity contribution in [3.05, 3.63) is 72.9 Å². The maximum absolute atomic E-state index is 12.7. The van der Waals surface area contributed by atoms with Gasteiger partial charge < -0.3 is 19.5 Å². The fourth-order valence-electron chi connectivity index (χ4n) is 9.00. The number of hydrogen-bond acceptors (Lipinski definition) is 5. The summed E-state index contributed by atoms with van der Waals surface area (Å²) in [6.07, 6.45) is 74.7. The lowest BCUT2D eigenvalue weighted by Crippen LogP contribution is -2.45. The summed E-state index contributed by atoms with van der Waals surface area (Å²) < 4.78 is 12.5. The van der Waals surface area contributed by atoms with Gasteiger partial charge in [0.2, 0.25) is 0 Å². The van der Waals surface area contributed by atoms with E-state index in [-0.39, 0.29) is 12.1 Å². The van der Waals surface area contributed by atoms with Gasteiger partial charge in [-0.1, -0.05) is 222 Å². The van der Waals surface area contributed by atoms with E-state index >= 15 is 0 Å². The summed E-state index contributed by atoms with van der Waals surface area (Å²) in [6, 6.07) is 0. The van der Waals surface area contributed by atoms with Gasteiger partial charge in [-0.25, -0.2) is 0 Å². The monoisotopic (exact) mass is 964 g/mol. The minimum absolute atomic E-state index is 0.139. The quantitative estimate of drug-likeness (QED) is 0.0374. The molecule has 1 atom stereocenters. The molecule has 402 valence electrons. The molecule has 0 spiro atoms. The topological polar surface area (TPSA) is 59.0 Å². The smallest absolute Gasteiger partial charge is 0.305 e. The number of ether oxygens (including phenoxy) is 2. The molecule has 0 rings (SSSR count). The van der Waals surface area contributed by atoms with Crippen molar-refractivity contribution in [3.63, 3.8) is 0 Å². The number of nitrogens with zero attached hydrogens (tertiary/aromatic N) is 1. The van der Waals surface area contributed by atoms with Crippen LogP contribution in [0, 0.1) is 0 Å². The Hall–Kier alpha value is -2.21. The van der Waals surface area contributed by atoms with E-state index in [0.29, 0.717) is 26.1 Å². The van der Waals surface area contributed by atoms with Crippen LogP contribution in [-0.2, 0) is 14.3 Å². The number of allylic oxidation sites excluding steroid dienone is 12. The first kappa shape index (κ1) is 66.8. The van der Waals surface area contributed by atoms with E-state index in [2.05, 4.69) is 98.6 Å². The maximum Gasteiger partial charge on any atom is 0.305 e. The molecular weight excluding hydrogens is 847 g/mol. The summed E-state index contributed by atoms with van der Waals surface area (Å²) in [5, 5.41) is 12.6. The van der Waals surface area contributed by atoms with E-state index < -0.39 is 5.60 Å². The molecule has 0 aromatic carbocycles. The number of carbonyl (C=O) groups is 1. The van der Waals surface area contributed by atoms with Crippen LogP contribution in [0.5, 0.6) is 0 Å². The van der Waals surface area contributed by atoms with E-state index in [9.17, 15) is 9.90 Å². The van der Waals surface area contributed by atoms with Crippen molar-refractivity contribution in [1.82, 2.24) is 4.90 Å². The lowest BCUT2D eigenvalue weighted by atomic mass is 9.83. The van der Waals surface area contributed by atoms with Gasteiger partial charge in [-0.3, -0.25) is 4.79 Å². The third-order valence-corrected chi connectivity index (χ3v) is 13.5. The first-order valence-electron chi connectivity index (χ1n) is 29.9. The van der Waals surface area contributed by atoms with Crippen molar-refractivity contribution in [2.75, 3.05) is 33.9 Å². The Morgan fingerprint density at radius 3 is 1.13 bits per heavy atom. The maximum atomic E-state index is 12.7. The lowest BCUT2D eigenvalue weighted by molar-refractivity contribution is -0.150. The van der Waals surface area contributed by atoms with Crippen LogP contribution in [0.4, 0.5) is 0 Å². The van der Waals surface area contributed by atoms with E-state index in [1.807, 2.05) is 14.1 Å². The molecule has 0 aliphatic heterocycles. The summed E-state index contributed by atoms with van der Waals surface area (Å²) in [6.45, 7) is 8.63. The molecule has 1 unspecified atom stereocenters. The van der Waals surface area contributed by atoms with Gasteiger partial charge in [0.05, 0.1) is 18.3 Å². The molecule has 0 aliphatic rings. The number of esters is 1. The molecule has 69 heavy (non-hydrogen) atoms. The highest BCUT2D eigenvalue weighted by Gasteiger charge is 2.36. The van der Waals surface area contributed by atoms with Gasteiger partial charge in [0.15, 0.2) is 0 Å². The van der Waals surface area contributed by atoms with Crippen molar-refractivity contribution < 1.29 is 19.4 Å². The molecule has 1 N–H and O–H groups in total. The Balaban J connectivity index is 5.17. The largest absolute Gasteiger partial charge is 0.466 e. The van der Waals surface area contributed by atoms with Crippen LogP contribution >= 0.6 is 0 Å². The first-order valence-corrected chi connectivity index (χ1v) is 29.9. The number of carbonyl (C=O) groups excluding carboxylic acids is 1. The predicted molar refractivity (Wildman–Crippen MR) is 305 cm³/mol. The number of aliphatic hydroxyl groups is 1. The Kier molecular flexibility index (Phi) is 53.3. The highest BCUT2D eigenvalue weighted by atomic mass is 16.5. The standard InChI is InChI=1S/C64H117NO4/c1-6-9-12-15-18-21-24-27-30-33-36-39-42-45-48-51-57-64(67,58-52-49-46-43-40-37-34-31-28-25-22-19-16-13-10-7-2)62(56-61-69-63(66)55-54-59-65(4)5)68-60-53-50-47-44-41-38-35-32-29-26-23-20-17-14-11-8-3/h18-23,27-32,62,67H,6-17,24-26,33-61H2,1-5H3/b21-18-,22-19-,23-20-,30-27-,31-28-,32-29-. The second kappa shape index (κ2) is 55.1. The minimum Gasteiger partial charge on any atom is -0.466 e. The van der Waals surface area contributed by atoms with E-state index in [1.165, 1.54) is 173 Å². The minimum atomic E-state index is -0.903. The van der Waals surface area contributed by atoms with Crippen molar-refractivity contribution >= 4 is 5.97 Å². The average molecular weight is 965 g/mol. The number of unbranched alkanes of at least 4 members (excludes halogenated alkanes) is 27. The summed E-state index contributed by atoms with van der Waals surface area (Å²) in [7, 11) is 4.07. The van der Waals surface area contributed by atoms with Gasteiger partial charge >= 0.3 is 5.97 Å². The van der Waals surface area contributed by atoms with E-state index in [0.717, 1.165) is 83.6 Å². The zero-order chi connectivity index (χ0) is 50.2. The van der Waals surface area contributed by atoms with Crippen molar-refractivity contribution in [3.8, 4) is 0 Å². The molecule has 0 saturated carbocycles. The molecule has 0 aromatic rings. The molecule has 5 heteroatoms. The molecule has 0 amide bonds. The number of hydrogen-bond donors (Lipinski definition) is 1. The molecule has 0 saturated heterocycles. The van der Waals surface area contributed by atoms with Crippen LogP contribution in [-0.4, -0.2) is 61.5 Å². The summed E-state index contributed by atoms with van der Waals surface area (Å²) in [5.74, 6) is -0.139. The molecule has 0 radical (unpaired) electrons. The molecule has 5 nitrogen and oxygen atoms in total. The van der Waals surface area contributed by atoms with Crippen LogP contribution in [0.2, 0.25) is 0 Å². The Morgan fingerprint density at radius 1 is 0.435 bits per heavy atom. The van der Waals surface area contributed by atoms with Gasteiger partial charge in [-0.15, -0.1) is 0 Å². The van der Waals surface area contributed by atoms with Crippen LogP contribution in [0.1, 0.15) is 284 Å². The number of rotatable bonds is 54. The Bertz CT molecular complexity index is 1180. The summed E-state index contributed by atoms with van der Waals surface area (Å²) in [5.41, 5.74) is -0.903. The molecule has 0 fully saturated rings. The molecule has 0 bridgehead atoms. The summed E-state index contributed by atoms with van der Waals surface area (Å²) >= 11 is 0. The van der Waals surface area contributed by atoms with E-state index in [4.69, 9.17) is 9.47 Å². The highest BCUT2D eigenvalue weighted by molar-refractivity contribution is 5.69. The van der Waals surface area contributed by atoms with Gasteiger partial charge in [-0.2, -0.15) is 0 Å². The Morgan fingerprint density at radius 2 is 0.768 bits per heavy atom. The third-order valence-electron chi connectivity index (χ3n) is 13.5. The van der Waals surface area contributed by atoms with E-state index in [1.54, 1.807) is 0 Å². The van der Waals surface area contributed by atoms with Crippen molar-refractivity contribution in [2.24, 2.45) is 0 Å². The predicted octanol–water partition coefficient (Wildman–Crippen LogP) is 19.6. The molecule has 0 heterocycles. The van der Waals surface area contributed by atoms with Crippen LogP contribution in [0.3, 0.4) is 0 Å². The zero-order valence-corrected chi connectivity index (χ0v) is 46.7. The van der Waals surface area contributed by atoms with Gasteiger partial charge in [0, 0.05) is 19.4 Å². The van der Waals surface area contributed by atoms with Gasteiger partial charge in [-0.05, 0) is 143 Å². The second-order valence-electron chi connectivity index (χ2n) is 20.6. The normalized spacial score (nSPS) is 13.1. The van der Waals surface area contributed by atoms with Crippen LogP contribution in [0.25, 0.3) is 0 Å². The Labute approximate surface area is 431 Å². The van der Waals surface area contributed by atoms with Gasteiger partial charge in [0.25, 0.3) is 0 Å². The van der Waals surface area contributed by atoms with Crippen LogP contribution in [0.15, 0.2) is 72.9 Å². The fourth-order valence-corrected chi connectivity index (χ4v) is 9.00. The summed E-state index contributed by atoms with van der Waals surface area (Å²) in [4.78, 5) is 14.8. The van der Waals surface area contributed by atoms with Crippen molar-refractivity contribution in [1.29, 1.82) is 0 Å². The average Bonchev–Trinajstić information content (AvgIpc) is 3.34. The first-order chi connectivity index (χ1) is 33.9. The van der Waals surface area contributed by atoms with Crippen molar-refractivity contribution in [2.45, 2.75) is 296 Å². The molecule has 0 aliphatic carbocycles. The second-order valence-corrected chi connectivity index (χ2v) is 20.6. The molecule has 0 aromatic heterocycles. The third kappa shape index (κ3) is 50.5.